The third-order valence-electron chi connectivity index (χ3n) is 3.89. The summed E-state index contributed by atoms with van der Waals surface area (Å²) in [4.78, 5) is 22.7. The Labute approximate surface area is 115 Å². The Hall–Kier alpha value is -2.31. The highest BCUT2D eigenvalue weighted by Gasteiger charge is 2.40. The van der Waals surface area contributed by atoms with Crippen LogP contribution in [0.15, 0.2) is 18.6 Å². The summed E-state index contributed by atoms with van der Waals surface area (Å²) in [5.74, 6) is 1.58. The lowest BCUT2D eigenvalue weighted by Crippen LogP contribution is -2.43. The summed E-state index contributed by atoms with van der Waals surface area (Å²) in [6, 6.07) is 0.113. The highest BCUT2D eigenvalue weighted by molar-refractivity contribution is 5.82. The number of hydrogen-bond acceptors (Lipinski definition) is 5. The molecule has 1 amide bonds. The second-order valence-corrected chi connectivity index (χ2v) is 5.27. The van der Waals surface area contributed by atoms with Crippen LogP contribution in [0.1, 0.15) is 31.6 Å². The number of carbonyl (C=O) groups excluding carboxylic acids is 1. The second-order valence-electron chi connectivity index (χ2n) is 5.27. The van der Waals surface area contributed by atoms with Crippen LogP contribution in [0.5, 0.6) is 0 Å². The fourth-order valence-electron chi connectivity index (χ4n) is 2.70. The fourth-order valence-corrected chi connectivity index (χ4v) is 2.70. The minimum Gasteiger partial charge on any atom is -0.330 e. The molecule has 2 aromatic heterocycles. The van der Waals surface area contributed by atoms with Crippen molar-refractivity contribution in [3.8, 4) is 11.5 Å². The number of amides is 1. The van der Waals surface area contributed by atoms with E-state index in [1.807, 2.05) is 16.4 Å². The first-order chi connectivity index (χ1) is 9.75. The summed E-state index contributed by atoms with van der Waals surface area (Å²) in [5, 5.41) is 8.43. The number of nitrogens with zero attached hydrogens (tertiary/aromatic N) is 6. The van der Waals surface area contributed by atoms with E-state index in [-0.39, 0.29) is 11.9 Å². The minimum absolute atomic E-state index is 0.143. The van der Waals surface area contributed by atoms with Gasteiger partial charge in [0, 0.05) is 18.4 Å². The monoisotopic (exact) mass is 270 g/mol. The molecule has 0 aromatic carbocycles. The Kier molecular flexibility index (Phi) is 2.35. The van der Waals surface area contributed by atoms with Gasteiger partial charge in [-0.1, -0.05) is 0 Å². The zero-order valence-corrected chi connectivity index (χ0v) is 11.1. The molecule has 0 bridgehead atoms. The van der Waals surface area contributed by atoms with Crippen LogP contribution in [-0.2, 0) is 11.3 Å². The van der Waals surface area contributed by atoms with E-state index in [4.69, 9.17) is 0 Å². The van der Waals surface area contributed by atoms with Crippen molar-refractivity contribution in [2.75, 3.05) is 0 Å². The molecule has 0 spiro atoms. The maximum Gasteiger partial charge on any atom is 0.246 e. The standard InChI is InChI=1S/C13H14N6O/c1-8-13(20)18(9-2-3-9)7-11-16-17-12(19(8)11)10-6-14-4-5-15-10/h4-6,8-9H,2-3,7H2,1H3. The van der Waals surface area contributed by atoms with Crippen LogP contribution in [0.2, 0.25) is 0 Å². The maximum atomic E-state index is 12.5. The molecule has 7 heteroatoms. The van der Waals surface area contributed by atoms with Crippen molar-refractivity contribution in [2.24, 2.45) is 0 Å². The molecule has 2 aromatic rings. The molecule has 1 saturated carbocycles. The van der Waals surface area contributed by atoms with Crippen LogP contribution in [-0.4, -0.2) is 41.6 Å². The molecule has 0 radical (unpaired) electrons. The Morgan fingerprint density at radius 2 is 2.10 bits per heavy atom. The molecule has 1 atom stereocenters. The summed E-state index contributed by atoms with van der Waals surface area (Å²) >= 11 is 0. The lowest BCUT2D eigenvalue weighted by atomic mass is 10.2. The van der Waals surface area contributed by atoms with E-state index in [0.717, 1.165) is 18.7 Å². The summed E-state index contributed by atoms with van der Waals surface area (Å²) in [6.07, 6.45) is 7.07. The Bertz CT molecular complexity index is 663. The Morgan fingerprint density at radius 3 is 2.80 bits per heavy atom. The Morgan fingerprint density at radius 1 is 1.25 bits per heavy atom. The zero-order chi connectivity index (χ0) is 13.7. The average Bonchev–Trinajstić information content (AvgIpc) is 3.23. The van der Waals surface area contributed by atoms with Crippen molar-refractivity contribution in [3.05, 3.63) is 24.4 Å². The van der Waals surface area contributed by atoms with Gasteiger partial charge in [-0.05, 0) is 19.8 Å². The van der Waals surface area contributed by atoms with Gasteiger partial charge in [0.2, 0.25) is 5.91 Å². The Balaban J connectivity index is 1.78. The number of rotatable bonds is 2. The van der Waals surface area contributed by atoms with Crippen LogP contribution in [0, 0.1) is 0 Å². The number of aromatic nitrogens is 5. The van der Waals surface area contributed by atoms with E-state index in [1.54, 1.807) is 18.6 Å². The number of fused-ring (bicyclic) bond motifs is 1. The molecule has 4 rings (SSSR count). The lowest BCUT2D eigenvalue weighted by Gasteiger charge is -2.32. The van der Waals surface area contributed by atoms with Crippen molar-refractivity contribution < 1.29 is 4.79 Å². The summed E-state index contributed by atoms with van der Waals surface area (Å²) < 4.78 is 1.88. The van der Waals surface area contributed by atoms with E-state index in [1.165, 1.54) is 0 Å². The third-order valence-corrected chi connectivity index (χ3v) is 3.89. The van der Waals surface area contributed by atoms with Gasteiger partial charge in [0.05, 0.1) is 12.7 Å². The SMILES string of the molecule is CC1C(=O)N(C2CC2)Cc2nnc(-c3cnccn3)n21. The van der Waals surface area contributed by atoms with E-state index < -0.39 is 0 Å². The molecule has 2 aliphatic rings. The number of hydrogen-bond donors (Lipinski definition) is 0. The van der Waals surface area contributed by atoms with E-state index >= 15 is 0 Å². The van der Waals surface area contributed by atoms with E-state index in [9.17, 15) is 4.79 Å². The van der Waals surface area contributed by atoms with Gasteiger partial charge in [0.1, 0.15) is 11.7 Å². The fraction of sp³-hybridized carbons (Fsp3) is 0.462. The van der Waals surface area contributed by atoms with Gasteiger partial charge in [-0.3, -0.25) is 14.3 Å². The van der Waals surface area contributed by atoms with Gasteiger partial charge >= 0.3 is 0 Å². The van der Waals surface area contributed by atoms with Gasteiger partial charge in [-0.2, -0.15) is 0 Å². The molecule has 20 heavy (non-hydrogen) atoms. The molecule has 0 saturated heterocycles. The van der Waals surface area contributed by atoms with Crippen molar-refractivity contribution in [2.45, 2.75) is 38.4 Å². The predicted octanol–water partition coefficient (Wildman–Crippen LogP) is 0.801. The third kappa shape index (κ3) is 1.62. The molecular weight excluding hydrogens is 256 g/mol. The minimum atomic E-state index is -0.286. The van der Waals surface area contributed by atoms with Crippen LogP contribution < -0.4 is 0 Å². The molecule has 0 N–H and O–H groups in total. The lowest BCUT2D eigenvalue weighted by molar-refractivity contribution is -0.137. The molecule has 102 valence electrons. The van der Waals surface area contributed by atoms with E-state index in [2.05, 4.69) is 20.2 Å². The molecule has 7 nitrogen and oxygen atoms in total. The molecule has 3 heterocycles. The van der Waals surface area contributed by atoms with Crippen LogP contribution in [0.3, 0.4) is 0 Å². The molecule has 1 aliphatic carbocycles. The largest absolute Gasteiger partial charge is 0.330 e. The topological polar surface area (TPSA) is 76.8 Å². The number of carbonyl (C=O) groups is 1. The molecule has 1 unspecified atom stereocenters. The first-order valence-electron chi connectivity index (χ1n) is 6.76. The smallest absolute Gasteiger partial charge is 0.246 e. The summed E-state index contributed by atoms with van der Waals surface area (Å²) in [6.45, 7) is 2.44. The summed E-state index contributed by atoms with van der Waals surface area (Å²) in [5.41, 5.74) is 0.644. The zero-order valence-electron chi connectivity index (χ0n) is 11.1. The van der Waals surface area contributed by atoms with Crippen LogP contribution >= 0.6 is 0 Å². The quantitative estimate of drug-likeness (QED) is 0.806. The van der Waals surface area contributed by atoms with E-state index in [0.29, 0.717) is 24.1 Å². The average molecular weight is 270 g/mol. The first-order valence-corrected chi connectivity index (χ1v) is 6.76. The maximum absolute atomic E-state index is 12.5. The highest BCUT2D eigenvalue weighted by Crippen LogP contribution is 2.34. The second kappa shape index (κ2) is 4.09. The summed E-state index contributed by atoms with van der Waals surface area (Å²) in [7, 11) is 0. The van der Waals surface area contributed by atoms with Crippen molar-refractivity contribution in [3.63, 3.8) is 0 Å². The van der Waals surface area contributed by atoms with Crippen LogP contribution in [0.25, 0.3) is 11.5 Å². The van der Waals surface area contributed by atoms with Gasteiger partial charge in [0.15, 0.2) is 11.6 Å². The molecular formula is C13H14N6O. The van der Waals surface area contributed by atoms with Gasteiger partial charge in [0.25, 0.3) is 0 Å². The van der Waals surface area contributed by atoms with Crippen molar-refractivity contribution >= 4 is 5.91 Å². The van der Waals surface area contributed by atoms with Gasteiger partial charge < -0.3 is 4.90 Å². The van der Waals surface area contributed by atoms with Crippen molar-refractivity contribution in [1.29, 1.82) is 0 Å². The van der Waals surface area contributed by atoms with Crippen molar-refractivity contribution in [1.82, 2.24) is 29.6 Å². The normalized spacial score (nSPS) is 21.9. The van der Waals surface area contributed by atoms with Gasteiger partial charge in [-0.15, -0.1) is 10.2 Å². The molecule has 1 fully saturated rings. The van der Waals surface area contributed by atoms with Gasteiger partial charge in [-0.25, -0.2) is 4.98 Å². The highest BCUT2D eigenvalue weighted by atomic mass is 16.2. The first kappa shape index (κ1) is 11.5. The predicted molar refractivity (Wildman–Crippen MR) is 69.3 cm³/mol. The molecule has 1 aliphatic heterocycles. The van der Waals surface area contributed by atoms with Crippen LogP contribution in [0.4, 0.5) is 0 Å².